The number of rotatable bonds is 6. The molecule has 31 heavy (non-hydrogen) atoms. The average Bonchev–Trinajstić information content (AvgIpc) is 2.77. The van der Waals surface area contributed by atoms with Crippen molar-refractivity contribution in [3.63, 3.8) is 0 Å². The normalized spacial score (nSPS) is 13.4. The van der Waals surface area contributed by atoms with E-state index in [1.807, 2.05) is 42.5 Å². The van der Waals surface area contributed by atoms with Crippen LogP contribution in [0, 0.1) is 0 Å². The van der Waals surface area contributed by atoms with Crippen molar-refractivity contribution >= 4 is 21.9 Å². The Kier molecular flexibility index (Phi) is 5.85. The summed E-state index contributed by atoms with van der Waals surface area (Å²) < 4.78 is 30.8. The Balaban J connectivity index is 1.41. The Labute approximate surface area is 181 Å². The summed E-state index contributed by atoms with van der Waals surface area (Å²) in [5.74, 6) is 0.706. The smallest absolute Gasteiger partial charge is 0.254 e. The molecule has 1 amide bonds. The molecule has 0 atom stereocenters. The second-order valence-electron chi connectivity index (χ2n) is 7.32. The summed E-state index contributed by atoms with van der Waals surface area (Å²) in [6, 6.07) is 16.9. The van der Waals surface area contributed by atoms with Gasteiger partial charge in [0.05, 0.1) is 18.5 Å². The lowest BCUT2D eigenvalue weighted by atomic mass is 10.1. The van der Waals surface area contributed by atoms with Crippen LogP contribution in [0.5, 0.6) is 5.75 Å². The van der Waals surface area contributed by atoms with E-state index in [9.17, 15) is 13.2 Å². The number of carbonyl (C=O) groups excluding carboxylic acids is 1. The fourth-order valence-electron chi connectivity index (χ4n) is 3.30. The zero-order valence-electron chi connectivity index (χ0n) is 17.0. The zero-order chi connectivity index (χ0) is 21.8. The van der Waals surface area contributed by atoms with Gasteiger partial charge in [-0.3, -0.25) is 9.52 Å². The summed E-state index contributed by atoms with van der Waals surface area (Å²) in [4.78, 5) is 23.0. The Morgan fingerprint density at radius 3 is 2.58 bits per heavy atom. The Morgan fingerprint density at radius 1 is 1.13 bits per heavy atom. The van der Waals surface area contributed by atoms with E-state index in [-0.39, 0.29) is 11.9 Å². The van der Waals surface area contributed by atoms with Gasteiger partial charge in [-0.15, -0.1) is 0 Å². The van der Waals surface area contributed by atoms with Gasteiger partial charge >= 0.3 is 0 Å². The van der Waals surface area contributed by atoms with Crippen LogP contribution in [0.25, 0.3) is 0 Å². The molecule has 1 aliphatic heterocycles. The van der Waals surface area contributed by atoms with Crippen molar-refractivity contribution in [1.29, 1.82) is 0 Å². The summed E-state index contributed by atoms with van der Waals surface area (Å²) >= 11 is 0. The Hall–Kier alpha value is -3.46. The van der Waals surface area contributed by atoms with Crippen LogP contribution in [0.4, 0.5) is 5.95 Å². The topological polar surface area (TPSA) is 101 Å². The molecule has 0 bridgehead atoms. The SMILES string of the molecule is CS(=O)(=O)Nc1ncc2c(n1)CN(C(=O)c1ccc(COc3ccccc3)cc1)CC2. The Bertz CT molecular complexity index is 1180. The fraction of sp³-hybridized carbons (Fsp3) is 0.227. The maximum absolute atomic E-state index is 13.0. The van der Waals surface area contributed by atoms with E-state index in [1.165, 1.54) is 0 Å². The second-order valence-corrected chi connectivity index (χ2v) is 9.06. The lowest BCUT2D eigenvalue weighted by molar-refractivity contribution is 0.0731. The minimum atomic E-state index is -3.47. The third kappa shape index (κ3) is 5.37. The van der Waals surface area contributed by atoms with Gasteiger partial charge in [0.25, 0.3) is 5.91 Å². The highest BCUT2D eigenvalue weighted by molar-refractivity contribution is 7.91. The molecule has 2 aromatic carbocycles. The van der Waals surface area contributed by atoms with Crippen LogP contribution in [0.1, 0.15) is 27.2 Å². The van der Waals surface area contributed by atoms with Crippen molar-refractivity contribution in [2.45, 2.75) is 19.6 Å². The monoisotopic (exact) mass is 438 g/mol. The molecule has 1 aromatic heterocycles. The number of benzene rings is 2. The average molecular weight is 439 g/mol. The standard InChI is InChI=1S/C22H22N4O4S/c1-31(28,29)25-22-23-13-18-11-12-26(14-20(18)24-22)21(27)17-9-7-16(8-10-17)15-30-19-5-3-2-4-6-19/h2-10,13H,11-12,14-15H2,1H3,(H,23,24,25). The first-order valence-electron chi connectivity index (χ1n) is 9.76. The molecule has 1 aliphatic rings. The summed E-state index contributed by atoms with van der Waals surface area (Å²) in [6.45, 7) is 1.27. The molecule has 8 nitrogen and oxygen atoms in total. The van der Waals surface area contributed by atoms with Gasteiger partial charge in [-0.2, -0.15) is 0 Å². The van der Waals surface area contributed by atoms with Gasteiger partial charge < -0.3 is 9.64 Å². The molecular formula is C22H22N4O4S. The fourth-order valence-corrected chi connectivity index (χ4v) is 3.73. The molecule has 4 rings (SSSR count). The molecule has 0 saturated carbocycles. The number of amides is 1. The third-order valence-corrected chi connectivity index (χ3v) is 5.41. The summed E-state index contributed by atoms with van der Waals surface area (Å²) in [5.41, 5.74) is 3.11. The second kappa shape index (κ2) is 8.73. The summed E-state index contributed by atoms with van der Waals surface area (Å²) in [5, 5.41) is 0. The lowest BCUT2D eigenvalue weighted by Crippen LogP contribution is -2.36. The van der Waals surface area contributed by atoms with Crippen LogP contribution in [0.2, 0.25) is 0 Å². The molecule has 0 radical (unpaired) electrons. The number of nitrogens with zero attached hydrogens (tertiary/aromatic N) is 3. The quantitative estimate of drug-likeness (QED) is 0.635. The Morgan fingerprint density at radius 2 is 1.87 bits per heavy atom. The maximum Gasteiger partial charge on any atom is 0.254 e. The predicted octanol–water partition coefficient (Wildman–Crippen LogP) is 2.63. The van der Waals surface area contributed by atoms with Crippen molar-refractivity contribution < 1.29 is 17.9 Å². The number of carbonyl (C=O) groups is 1. The van der Waals surface area contributed by atoms with E-state index in [0.717, 1.165) is 23.1 Å². The first-order valence-corrected chi connectivity index (χ1v) is 11.7. The van der Waals surface area contributed by atoms with Gasteiger partial charge in [-0.1, -0.05) is 30.3 Å². The number of anilines is 1. The van der Waals surface area contributed by atoms with Crippen LogP contribution in [0.15, 0.2) is 60.8 Å². The molecule has 0 fully saturated rings. The molecule has 3 aromatic rings. The summed E-state index contributed by atoms with van der Waals surface area (Å²) in [6.07, 6.45) is 3.27. The number of para-hydroxylation sites is 1. The van der Waals surface area contributed by atoms with E-state index in [4.69, 9.17) is 4.74 Å². The molecule has 0 aliphatic carbocycles. The molecular weight excluding hydrogens is 416 g/mol. The molecule has 160 valence electrons. The first-order chi connectivity index (χ1) is 14.9. The van der Waals surface area contributed by atoms with Crippen LogP contribution >= 0.6 is 0 Å². The zero-order valence-corrected chi connectivity index (χ0v) is 17.8. The van der Waals surface area contributed by atoms with E-state index < -0.39 is 10.0 Å². The minimum absolute atomic E-state index is 0.0123. The molecule has 2 heterocycles. The first kappa shape index (κ1) is 20.8. The number of sulfonamides is 1. The van der Waals surface area contributed by atoms with Gasteiger partial charge in [0, 0.05) is 18.3 Å². The van der Waals surface area contributed by atoms with Crippen LogP contribution in [-0.2, 0) is 29.6 Å². The molecule has 0 saturated heterocycles. The van der Waals surface area contributed by atoms with E-state index in [2.05, 4.69) is 14.7 Å². The number of fused-ring (bicyclic) bond motifs is 1. The largest absolute Gasteiger partial charge is 0.489 e. The minimum Gasteiger partial charge on any atom is -0.489 e. The molecule has 0 unspecified atom stereocenters. The highest BCUT2D eigenvalue weighted by atomic mass is 32.2. The number of ether oxygens (including phenoxy) is 1. The van der Waals surface area contributed by atoms with E-state index >= 15 is 0 Å². The lowest BCUT2D eigenvalue weighted by Gasteiger charge is -2.28. The van der Waals surface area contributed by atoms with Crippen LogP contribution in [-0.4, -0.2) is 42.0 Å². The molecule has 0 spiro atoms. The van der Waals surface area contributed by atoms with Gasteiger partial charge in [0.2, 0.25) is 16.0 Å². The molecule has 1 N–H and O–H groups in total. The van der Waals surface area contributed by atoms with Crippen LogP contribution < -0.4 is 9.46 Å². The van der Waals surface area contributed by atoms with Crippen molar-refractivity contribution in [3.05, 3.63) is 83.2 Å². The van der Waals surface area contributed by atoms with Gasteiger partial charge in [-0.25, -0.2) is 18.4 Å². The predicted molar refractivity (Wildman–Crippen MR) is 116 cm³/mol. The highest BCUT2D eigenvalue weighted by Gasteiger charge is 2.24. The van der Waals surface area contributed by atoms with Gasteiger partial charge in [0.1, 0.15) is 12.4 Å². The highest BCUT2D eigenvalue weighted by Crippen LogP contribution is 2.20. The van der Waals surface area contributed by atoms with E-state index in [0.29, 0.717) is 37.4 Å². The number of hydrogen-bond donors (Lipinski definition) is 1. The van der Waals surface area contributed by atoms with Gasteiger partial charge in [0.15, 0.2) is 0 Å². The van der Waals surface area contributed by atoms with Crippen molar-refractivity contribution in [3.8, 4) is 5.75 Å². The van der Waals surface area contributed by atoms with E-state index in [1.54, 1.807) is 23.2 Å². The molecule has 9 heteroatoms. The van der Waals surface area contributed by atoms with Crippen molar-refractivity contribution in [1.82, 2.24) is 14.9 Å². The van der Waals surface area contributed by atoms with Gasteiger partial charge in [-0.05, 0) is 41.8 Å². The van der Waals surface area contributed by atoms with Crippen LogP contribution in [0.3, 0.4) is 0 Å². The van der Waals surface area contributed by atoms with Crippen molar-refractivity contribution in [2.75, 3.05) is 17.5 Å². The number of aromatic nitrogens is 2. The third-order valence-electron chi connectivity index (χ3n) is 4.86. The number of hydrogen-bond acceptors (Lipinski definition) is 6. The number of nitrogens with one attached hydrogen (secondary N) is 1. The van der Waals surface area contributed by atoms with Crippen molar-refractivity contribution in [2.24, 2.45) is 0 Å². The summed E-state index contributed by atoms with van der Waals surface area (Å²) in [7, 11) is -3.47. The maximum atomic E-state index is 13.0.